The highest BCUT2D eigenvalue weighted by Gasteiger charge is 2.45. The lowest BCUT2D eigenvalue weighted by molar-refractivity contribution is -0.158. The number of esters is 1. The van der Waals surface area contributed by atoms with Gasteiger partial charge in [0.1, 0.15) is 12.2 Å². The minimum absolute atomic E-state index is 0.0140. The van der Waals surface area contributed by atoms with Crippen LogP contribution in [-0.2, 0) is 19.1 Å². The number of rotatable bonds is 2. The van der Waals surface area contributed by atoms with E-state index in [4.69, 9.17) is 9.47 Å². The molecule has 0 saturated heterocycles. The van der Waals surface area contributed by atoms with Gasteiger partial charge in [0.15, 0.2) is 5.78 Å². The van der Waals surface area contributed by atoms with E-state index in [2.05, 4.69) is 0 Å². The van der Waals surface area contributed by atoms with Crippen LogP contribution in [0.1, 0.15) is 32.3 Å². The topological polar surface area (TPSA) is 52.6 Å². The first-order valence-corrected chi connectivity index (χ1v) is 7.70. The van der Waals surface area contributed by atoms with Gasteiger partial charge in [0.05, 0.1) is 17.8 Å². The summed E-state index contributed by atoms with van der Waals surface area (Å²) >= 11 is 0. The molecule has 1 heterocycles. The van der Waals surface area contributed by atoms with Crippen LogP contribution in [0.2, 0.25) is 0 Å². The van der Waals surface area contributed by atoms with Crippen molar-refractivity contribution < 1.29 is 19.1 Å². The molecule has 1 aliphatic carbocycles. The normalized spacial score (nSPS) is 30.8. The monoisotopic (exact) mass is 300 g/mol. The minimum atomic E-state index is -0.280. The number of Topliss-reactive ketones (excluding diaryl/α,β-unsaturated/α-hetero) is 1. The molecule has 1 fully saturated rings. The van der Waals surface area contributed by atoms with E-state index in [0.29, 0.717) is 18.4 Å². The molecule has 1 aliphatic heterocycles. The first-order chi connectivity index (χ1) is 10.6. The zero-order valence-electron chi connectivity index (χ0n) is 12.8. The summed E-state index contributed by atoms with van der Waals surface area (Å²) in [5.74, 6) is -0.282. The van der Waals surface area contributed by atoms with Crippen LogP contribution in [0.3, 0.4) is 0 Å². The number of allylic oxidation sites excluding steroid dienone is 1. The highest BCUT2D eigenvalue weighted by Crippen LogP contribution is 2.40. The molecule has 1 saturated carbocycles. The molecular weight excluding hydrogens is 280 g/mol. The second kappa shape index (κ2) is 5.95. The van der Waals surface area contributed by atoms with Crippen LogP contribution in [0, 0.1) is 11.8 Å². The number of hydrogen-bond donors (Lipinski definition) is 0. The van der Waals surface area contributed by atoms with Crippen molar-refractivity contribution in [2.45, 2.75) is 38.9 Å². The molecule has 4 nitrogen and oxygen atoms in total. The molecule has 2 aliphatic rings. The molecule has 3 rings (SSSR count). The number of benzene rings is 1. The first kappa shape index (κ1) is 14.8. The van der Waals surface area contributed by atoms with E-state index >= 15 is 0 Å². The zero-order chi connectivity index (χ0) is 15.7. The third-order valence-corrected chi connectivity index (χ3v) is 4.61. The van der Waals surface area contributed by atoms with Crippen molar-refractivity contribution in [1.82, 2.24) is 0 Å². The third kappa shape index (κ3) is 2.65. The smallest absolute Gasteiger partial charge is 0.302 e. The fourth-order valence-electron chi connectivity index (χ4n) is 3.46. The molecule has 1 aromatic carbocycles. The van der Waals surface area contributed by atoms with Crippen LogP contribution >= 0.6 is 0 Å². The Balaban J connectivity index is 1.82. The lowest BCUT2D eigenvalue weighted by atomic mass is 9.73. The molecule has 0 aromatic heterocycles. The van der Waals surface area contributed by atoms with Crippen LogP contribution in [0.4, 0.5) is 0 Å². The molecule has 116 valence electrons. The van der Waals surface area contributed by atoms with Gasteiger partial charge in [0, 0.05) is 12.8 Å². The predicted molar refractivity (Wildman–Crippen MR) is 81.7 cm³/mol. The Bertz CT molecular complexity index is 605. The van der Waals surface area contributed by atoms with Gasteiger partial charge in [-0.3, -0.25) is 9.59 Å². The lowest BCUT2D eigenvalue weighted by Crippen LogP contribution is -2.47. The highest BCUT2D eigenvalue weighted by molar-refractivity contribution is 6.22. The van der Waals surface area contributed by atoms with Gasteiger partial charge in [-0.1, -0.05) is 37.3 Å². The van der Waals surface area contributed by atoms with Gasteiger partial charge in [-0.05, 0) is 18.4 Å². The van der Waals surface area contributed by atoms with E-state index in [1.807, 2.05) is 37.3 Å². The molecular formula is C18H20O4. The van der Waals surface area contributed by atoms with Gasteiger partial charge in [-0.15, -0.1) is 0 Å². The summed E-state index contributed by atoms with van der Waals surface area (Å²) in [4.78, 5) is 24.0. The molecule has 0 spiro atoms. The average Bonchev–Trinajstić information content (AvgIpc) is 2.51. The first-order valence-electron chi connectivity index (χ1n) is 7.70. The van der Waals surface area contributed by atoms with Gasteiger partial charge < -0.3 is 9.47 Å². The molecule has 0 amide bonds. The van der Waals surface area contributed by atoms with Crippen LogP contribution < -0.4 is 0 Å². The number of fused-ring (bicyclic) bond motifs is 1. The molecule has 4 heteroatoms. The fraction of sp³-hybridized carbons (Fsp3) is 0.444. The lowest BCUT2D eigenvalue weighted by Gasteiger charge is -2.41. The van der Waals surface area contributed by atoms with Gasteiger partial charge in [0.2, 0.25) is 0 Å². The Morgan fingerprint density at radius 2 is 1.95 bits per heavy atom. The van der Waals surface area contributed by atoms with E-state index in [1.165, 1.54) is 6.92 Å². The molecule has 4 unspecified atom stereocenters. The van der Waals surface area contributed by atoms with Crippen molar-refractivity contribution in [3.63, 3.8) is 0 Å². The van der Waals surface area contributed by atoms with Gasteiger partial charge in [-0.2, -0.15) is 0 Å². The Labute approximate surface area is 130 Å². The summed E-state index contributed by atoms with van der Waals surface area (Å²) in [5, 5.41) is 0. The quantitative estimate of drug-likeness (QED) is 0.788. The summed E-state index contributed by atoms with van der Waals surface area (Å²) in [6.45, 7) is 3.40. The van der Waals surface area contributed by atoms with Crippen molar-refractivity contribution in [3.8, 4) is 0 Å². The van der Waals surface area contributed by atoms with Crippen molar-refractivity contribution in [1.29, 1.82) is 0 Å². The number of ether oxygens (including phenoxy) is 2. The Morgan fingerprint density at radius 3 is 2.64 bits per heavy atom. The van der Waals surface area contributed by atoms with Gasteiger partial charge in [-0.25, -0.2) is 0 Å². The predicted octanol–water partition coefficient (Wildman–Crippen LogP) is 2.97. The number of carbonyl (C=O) groups excluding carboxylic acids is 2. The molecule has 0 bridgehead atoms. The van der Waals surface area contributed by atoms with Gasteiger partial charge >= 0.3 is 5.97 Å². The Kier molecular flexibility index (Phi) is 4.01. The van der Waals surface area contributed by atoms with Crippen LogP contribution in [-0.4, -0.2) is 24.0 Å². The maximum Gasteiger partial charge on any atom is 0.302 e. The Hall–Kier alpha value is -2.10. The van der Waals surface area contributed by atoms with E-state index in [-0.39, 0.29) is 35.8 Å². The summed E-state index contributed by atoms with van der Waals surface area (Å²) in [6, 6.07) is 9.58. The summed E-state index contributed by atoms with van der Waals surface area (Å²) in [7, 11) is 0. The standard InChI is InChI=1S/C18H20O4/c1-11-16(22-12(2)19)9-8-14-17(20)15(10-21-18(11)14)13-6-4-3-5-7-13/h3-7,10-11,14,16,18H,8-9H2,1-2H3. The summed E-state index contributed by atoms with van der Waals surface area (Å²) < 4.78 is 11.2. The molecule has 0 N–H and O–H groups in total. The number of carbonyl (C=O) groups is 2. The molecule has 4 atom stereocenters. The zero-order valence-corrected chi connectivity index (χ0v) is 12.8. The third-order valence-electron chi connectivity index (χ3n) is 4.61. The highest BCUT2D eigenvalue weighted by atomic mass is 16.5. The largest absolute Gasteiger partial charge is 0.496 e. The summed E-state index contributed by atoms with van der Waals surface area (Å²) in [5.41, 5.74) is 1.53. The molecule has 0 radical (unpaired) electrons. The second-order valence-electron chi connectivity index (χ2n) is 6.05. The van der Waals surface area contributed by atoms with Crippen molar-refractivity contribution in [3.05, 3.63) is 42.2 Å². The number of hydrogen-bond acceptors (Lipinski definition) is 4. The van der Waals surface area contributed by atoms with Gasteiger partial charge in [0.25, 0.3) is 0 Å². The summed E-state index contributed by atoms with van der Waals surface area (Å²) in [6.07, 6.45) is 2.59. The van der Waals surface area contributed by atoms with Crippen LogP contribution in [0.5, 0.6) is 0 Å². The van der Waals surface area contributed by atoms with Crippen molar-refractivity contribution in [2.75, 3.05) is 0 Å². The maximum atomic E-state index is 12.8. The van der Waals surface area contributed by atoms with E-state index in [0.717, 1.165) is 5.56 Å². The van der Waals surface area contributed by atoms with E-state index in [1.54, 1.807) is 6.26 Å². The van der Waals surface area contributed by atoms with Crippen molar-refractivity contribution in [2.24, 2.45) is 11.8 Å². The minimum Gasteiger partial charge on any atom is -0.496 e. The SMILES string of the molecule is CC(=O)OC1CCC2C(=O)C(c3ccccc3)=COC2C1C. The van der Waals surface area contributed by atoms with Crippen LogP contribution in [0.25, 0.3) is 5.57 Å². The molecule has 1 aromatic rings. The number of ketones is 1. The van der Waals surface area contributed by atoms with E-state index in [9.17, 15) is 9.59 Å². The van der Waals surface area contributed by atoms with Crippen LogP contribution in [0.15, 0.2) is 36.6 Å². The second-order valence-corrected chi connectivity index (χ2v) is 6.05. The Morgan fingerprint density at radius 1 is 1.23 bits per heavy atom. The van der Waals surface area contributed by atoms with E-state index < -0.39 is 0 Å². The fourth-order valence-corrected chi connectivity index (χ4v) is 3.46. The van der Waals surface area contributed by atoms with Crippen molar-refractivity contribution >= 4 is 17.3 Å². The maximum absolute atomic E-state index is 12.8. The molecule has 22 heavy (non-hydrogen) atoms. The average molecular weight is 300 g/mol.